The first kappa shape index (κ1) is 25.8. The van der Waals surface area contributed by atoms with Gasteiger partial charge in [-0.25, -0.2) is 8.60 Å². The summed E-state index contributed by atoms with van der Waals surface area (Å²) in [5.41, 5.74) is 1.87. The van der Waals surface area contributed by atoms with Crippen LogP contribution in [-0.2, 0) is 26.8 Å². The van der Waals surface area contributed by atoms with E-state index in [2.05, 4.69) is 0 Å². The van der Waals surface area contributed by atoms with E-state index in [9.17, 15) is 9.00 Å². The summed E-state index contributed by atoms with van der Waals surface area (Å²) >= 11 is 0. The maximum absolute atomic E-state index is 16.2. The van der Waals surface area contributed by atoms with Crippen LogP contribution in [0.15, 0.2) is 88.7 Å². The van der Waals surface area contributed by atoms with E-state index in [0.29, 0.717) is 28.2 Å². The second-order valence-electron chi connectivity index (χ2n) is 9.60. The highest BCUT2D eigenvalue weighted by atomic mass is 32.2. The van der Waals surface area contributed by atoms with Crippen molar-refractivity contribution in [2.75, 3.05) is 0 Å². The van der Waals surface area contributed by atoms with E-state index in [1.165, 1.54) is 0 Å². The van der Waals surface area contributed by atoms with Gasteiger partial charge in [-0.2, -0.15) is 0 Å². The summed E-state index contributed by atoms with van der Waals surface area (Å²) in [4.78, 5) is 13.7. The maximum atomic E-state index is 16.2. The van der Waals surface area contributed by atoms with Gasteiger partial charge < -0.3 is 4.74 Å². The zero-order valence-corrected chi connectivity index (χ0v) is 21.1. The molecule has 0 spiro atoms. The molecule has 0 aliphatic heterocycles. The average molecular weight is 481 g/mol. The van der Waals surface area contributed by atoms with E-state index in [-0.39, 0.29) is 6.42 Å². The monoisotopic (exact) mass is 480 g/mol. The third-order valence-electron chi connectivity index (χ3n) is 5.56. The smallest absolute Gasteiger partial charge is 0.306 e. The van der Waals surface area contributed by atoms with Crippen molar-refractivity contribution >= 4 is 16.8 Å². The van der Waals surface area contributed by atoms with Gasteiger partial charge in [-0.1, -0.05) is 66.2 Å². The Morgan fingerprint density at radius 2 is 1.56 bits per heavy atom. The maximum Gasteiger partial charge on any atom is 0.306 e. The molecular formula is C29H33FO3S. The highest BCUT2D eigenvalue weighted by Crippen LogP contribution is 2.37. The first-order valence-corrected chi connectivity index (χ1v) is 12.8. The van der Waals surface area contributed by atoms with Crippen molar-refractivity contribution in [3.05, 3.63) is 95.6 Å². The topological polar surface area (TPSA) is 43.4 Å². The minimum atomic E-state index is -1.53. The Hall–Kier alpha value is -2.79. The molecule has 5 heteroatoms. The molecule has 0 unspecified atom stereocenters. The average Bonchev–Trinajstić information content (AvgIpc) is 2.81. The molecular weight excluding hydrogens is 447 g/mol. The summed E-state index contributed by atoms with van der Waals surface area (Å²) in [6.07, 6.45) is -0.396. The summed E-state index contributed by atoms with van der Waals surface area (Å²) < 4.78 is 35.0. The highest BCUT2D eigenvalue weighted by molar-refractivity contribution is 7.85. The lowest BCUT2D eigenvalue weighted by atomic mass is 9.88. The third-order valence-corrected chi connectivity index (χ3v) is 7.03. The van der Waals surface area contributed by atoms with E-state index in [0.717, 1.165) is 11.1 Å². The lowest BCUT2D eigenvalue weighted by Gasteiger charge is -2.25. The molecule has 0 bridgehead atoms. The fourth-order valence-electron chi connectivity index (χ4n) is 3.87. The second-order valence-corrected chi connectivity index (χ2v) is 11.0. The number of esters is 1. The van der Waals surface area contributed by atoms with Crippen LogP contribution < -0.4 is 0 Å². The standard InChI is InChI=1S/C29H33FO3S/c1-21-14-18-24(19-15-21)34(32)26-13-9-8-12-25(26)28(30)23(20-27(31)33-29(2,3)4)17-16-22-10-6-5-7-11-22/h5-15,18-19,23,28H,16-17,20H2,1-4H3/t23-,28+,34-/m0/s1. The van der Waals surface area contributed by atoms with Crippen molar-refractivity contribution in [1.82, 2.24) is 0 Å². The highest BCUT2D eigenvalue weighted by Gasteiger charge is 2.30. The van der Waals surface area contributed by atoms with E-state index in [1.54, 1.807) is 45.0 Å². The molecule has 0 aliphatic carbocycles. The van der Waals surface area contributed by atoms with Crippen molar-refractivity contribution in [2.45, 2.75) is 68.5 Å². The molecule has 0 aromatic heterocycles. The van der Waals surface area contributed by atoms with Gasteiger partial charge in [0.05, 0.1) is 17.2 Å². The summed E-state index contributed by atoms with van der Waals surface area (Å²) in [6, 6.07) is 24.1. The Kier molecular flexibility index (Phi) is 8.78. The van der Waals surface area contributed by atoms with Crippen molar-refractivity contribution < 1.29 is 18.1 Å². The van der Waals surface area contributed by atoms with Crippen molar-refractivity contribution in [1.29, 1.82) is 0 Å². The normalized spacial score (nSPS) is 14.3. The van der Waals surface area contributed by atoms with E-state index < -0.39 is 34.5 Å². The quantitative estimate of drug-likeness (QED) is 0.305. The summed E-state index contributed by atoms with van der Waals surface area (Å²) in [6.45, 7) is 7.37. The number of halogens is 1. The summed E-state index contributed by atoms with van der Waals surface area (Å²) in [5.74, 6) is -1.03. The van der Waals surface area contributed by atoms with Gasteiger partial charge in [0, 0.05) is 21.3 Å². The molecule has 0 amide bonds. The molecule has 0 heterocycles. The molecule has 0 radical (unpaired) electrons. The van der Waals surface area contributed by atoms with Crippen LogP contribution in [0.25, 0.3) is 0 Å². The van der Waals surface area contributed by atoms with Gasteiger partial charge in [0.2, 0.25) is 0 Å². The molecule has 3 nitrogen and oxygen atoms in total. The molecule has 3 rings (SSSR count). The molecule has 0 aliphatic rings. The van der Waals surface area contributed by atoms with Crippen LogP contribution in [0.4, 0.5) is 4.39 Å². The largest absolute Gasteiger partial charge is 0.460 e. The Morgan fingerprint density at radius 3 is 2.21 bits per heavy atom. The Morgan fingerprint density at radius 1 is 0.941 bits per heavy atom. The first-order valence-electron chi connectivity index (χ1n) is 11.6. The zero-order chi connectivity index (χ0) is 24.7. The van der Waals surface area contributed by atoms with Crippen LogP contribution >= 0.6 is 0 Å². The predicted octanol–water partition coefficient (Wildman–Crippen LogP) is 7.15. The molecule has 0 N–H and O–H groups in total. The van der Waals surface area contributed by atoms with Crippen molar-refractivity contribution in [3.8, 4) is 0 Å². The molecule has 34 heavy (non-hydrogen) atoms. The van der Waals surface area contributed by atoms with Gasteiger partial charge in [-0.3, -0.25) is 4.79 Å². The van der Waals surface area contributed by atoms with Crippen molar-refractivity contribution in [2.24, 2.45) is 5.92 Å². The molecule has 3 atom stereocenters. The van der Waals surface area contributed by atoms with Crippen LogP contribution in [-0.4, -0.2) is 15.8 Å². The van der Waals surface area contributed by atoms with E-state index >= 15 is 4.39 Å². The SMILES string of the molecule is Cc1ccc([S@](=O)c2ccccc2[C@H](F)[C@@H](CCc2ccccc2)CC(=O)OC(C)(C)C)cc1. The molecule has 3 aromatic carbocycles. The van der Waals surface area contributed by atoms with Gasteiger partial charge in [-0.05, 0) is 64.3 Å². The van der Waals surface area contributed by atoms with Crippen molar-refractivity contribution in [3.63, 3.8) is 0 Å². The number of aryl methyl sites for hydroxylation is 2. The number of alkyl halides is 1. The van der Waals surface area contributed by atoms with E-state index in [4.69, 9.17) is 4.74 Å². The Balaban J connectivity index is 1.88. The van der Waals surface area contributed by atoms with Crippen LogP contribution in [0.5, 0.6) is 0 Å². The number of carbonyl (C=O) groups excluding carboxylic acids is 1. The van der Waals surface area contributed by atoms with Gasteiger partial charge >= 0.3 is 5.97 Å². The van der Waals surface area contributed by atoms with Crippen LogP contribution in [0.3, 0.4) is 0 Å². The van der Waals surface area contributed by atoms with Crippen LogP contribution in [0.1, 0.15) is 56.5 Å². The summed E-state index contributed by atoms with van der Waals surface area (Å²) in [7, 11) is -1.53. The number of carbonyl (C=O) groups is 1. The number of hydrogen-bond donors (Lipinski definition) is 0. The van der Waals surface area contributed by atoms with Gasteiger partial charge in [0.1, 0.15) is 11.8 Å². The van der Waals surface area contributed by atoms with E-state index in [1.807, 2.05) is 61.5 Å². The van der Waals surface area contributed by atoms with Crippen LogP contribution in [0.2, 0.25) is 0 Å². The Bertz CT molecular complexity index is 1100. The second kappa shape index (κ2) is 11.6. The number of hydrogen-bond acceptors (Lipinski definition) is 3. The number of ether oxygens (including phenoxy) is 1. The number of benzene rings is 3. The predicted molar refractivity (Wildman–Crippen MR) is 135 cm³/mol. The molecule has 0 saturated carbocycles. The minimum Gasteiger partial charge on any atom is -0.460 e. The summed E-state index contributed by atoms with van der Waals surface area (Å²) in [5, 5.41) is 0. The van der Waals surface area contributed by atoms with Gasteiger partial charge in [0.15, 0.2) is 0 Å². The third kappa shape index (κ3) is 7.36. The molecule has 0 saturated heterocycles. The van der Waals surface area contributed by atoms with Gasteiger partial charge in [-0.15, -0.1) is 0 Å². The lowest BCUT2D eigenvalue weighted by Crippen LogP contribution is -2.26. The fraction of sp³-hybridized carbons (Fsp3) is 0.345. The zero-order valence-electron chi connectivity index (χ0n) is 20.3. The minimum absolute atomic E-state index is 0.0449. The van der Waals surface area contributed by atoms with Gasteiger partial charge in [0.25, 0.3) is 0 Å². The molecule has 3 aromatic rings. The fourth-order valence-corrected chi connectivity index (χ4v) is 5.10. The van der Waals surface area contributed by atoms with Crippen LogP contribution in [0, 0.1) is 12.8 Å². The lowest BCUT2D eigenvalue weighted by molar-refractivity contribution is -0.156. The molecule has 0 fully saturated rings. The Labute approximate surface area is 204 Å². The first-order chi connectivity index (χ1) is 16.1. The number of rotatable bonds is 9. The molecule has 180 valence electrons.